The molecule has 112 valence electrons. The third-order valence-corrected chi connectivity index (χ3v) is 3.96. The first-order valence-corrected chi connectivity index (χ1v) is 7.27. The molecule has 1 aliphatic rings. The Morgan fingerprint density at radius 2 is 2.10 bits per heavy atom. The fraction of sp³-hybridized carbons (Fsp3) is 0.625. The fourth-order valence-electron chi connectivity index (χ4n) is 2.88. The molecule has 1 unspecified atom stereocenters. The molecule has 2 rings (SSSR count). The smallest absolute Gasteiger partial charge is 0.126 e. The average Bonchev–Trinajstić information content (AvgIpc) is 2.47. The third kappa shape index (κ3) is 3.44. The van der Waals surface area contributed by atoms with Crippen LogP contribution in [-0.2, 0) is 4.74 Å². The molecule has 1 aromatic carbocycles. The van der Waals surface area contributed by atoms with Crippen molar-refractivity contribution >= 4 is 5.69 Å². The molecule has 0 saturated carbocycles. The topological polar surface area (TPSA) is 41.9 Å². The first kappa shape index (κ1) is 15.1. The summed E-state index contributed by atoms with van der Waals surface area (Å²) in [6.45, 7) is 4.49. The Morgan fingerprint density at radius 1 is 1.40 bits per heavy atom. The van der Waals surface area contributed by atoms with Gasteiger partial charge in [-0.1, -0.05) is 6.07 Å². The second-order valence-electron chi connectivity index (χ2n) is 5.51. The number of aliphatic hydroxyl groups excluding tert-OH is 1. The van der Waals surface area contributed by atoms with Gasteiger partial charge in [-0.15, -0.1) is 0 Å². The summed E-state index contributed by atoms with van der Waals surface area (Å²) in [4.78, 5) is 2.22. The molecule has 1 fully saturated rings. The summed E-state index contributed by atoms with van der Waals surface area (Å²) in [5.74, 6) is 1.40. The Morgan fingerprint density at radius 3 is 2.70 bits per heavy atom. The maximum Gasteiger partial charge on any atom is 0.126 e. The van der Waals surface area contributed by atoms with Gasteiger partial charge in [-0.2, -0.15) is 0 Å². The standard InChI is InChI=1S/C16H25NO3/c1-12(18)16-14(5-4-6-15(16)19-3)17(2)11-13-7-9-20-10-8-13/h4-6,12-13,18H,7-11H2,1-3H3. The Labute approximate surface area is 121 Å². The van der Waals surface area contributed by atoms with Crippen molar-refractivity contribution in [3.05, 3.63) is 23.8 Å². The maximum atomic E-state index is 10.0. The van der Waals surface area contributed by atoms with Crippen LogP contribution in [-0.4, -0.2) is 39.0 Å². The molecule has 20 heavy (non-hydrogen) atoms. The van der Waals surface area contributed by atoms with E-state index in [1.54, 1.807) is 14.0 Å². The van der Waals surface area contributed by atoms with Crippen molar-refractivity contribution in [1.82, 2.24) is 0 Å². The van der Waals surface area contributed by atoms with E-state index in [1.807, 2.05) is 18.2 Å². The van der Waals surface area contributed by atoms with Gasteiger partial charge in [0.05, 0.1) is 13.2 Å². The van der Waals surface area contributed by atoms with Gasteiger partial charge in [0.2, 0.25) is 0 Å². The number of nitrogens with zero attached hydrogens (tertiary/aromatic N) is 1. The minimum atomic E-state index is -0.543. The summed E-state index contributed by atoms with van der Waals surface area (Å²) >= 11 is 0. The van der Waals surface area contributed by atoms with Crippen molar-refractivity contribution in [2.24, 2.45) is 5.92 Å². The number of aliphatic hydroxyl groups is 1. The lowest BCUT2D eigenvalue weighted by molar-refractivity contribution is 0.0685. The molecule has 1 aliphatic heterocycles. The Bertz CT molecular complexity index is 428. The first-order chi connectivity index (χ1) is 9.63. The molecule has 4 nitrogen and oxygen atoms in total. The van der Waals surface area contributed by atoms with E-state index in [-0.39, 0.29) is 0 Å². The zero-order valence-corrected chi connectivity index (χ0v) is 12.6. The number of anilines is 1. The minimum absolute atomic E-state index is 0.543. The Kier molecular flexibility index (Phi) is 5.26. The Balaban J connectivity index is 2.17. The summed E-state index contributed by atoms with van der Waals surface area (Å²) in [5.41, 5.74) is 1.91. The van der Waals surface area contributed by atoms with Gasteiger partial charge in [0.1, 0.15) is 5.75 Å². The number of methoxy groups -OCH3 is 1. The molecule has 1 aromatic rings. The summed E-state index contributed by atoms with van der Waals surface area (Å²) < 4.78 is 10.8. The number of hydrogen-bond acceptors (Lipinski definition) is 4. The second-order valence-corrected chi connectivity index (χ2v) is 5.51. The predicted molar refractivity (Wildman–Crippen MR) is 80.4 cm³/mol. The number of rotatable bonds is 5. The summed E-state index contributed by atoms with van der Waals surface area (Å²) in [7, 11) is 3.72. The van der Waals surface area contributed by atoms with Crippen LogP contribution in [0.25, 0.3) is 0 Å². The van der Waals surface area contributed by atoms with Gasteiger partial charge in [0.25, 0.3) is 0 Å². The highest BCUT2D eigenvalue weighted by Crippen LogP contribution is 2.34. The molecule has 0 spiro atoms. The zero-order chi connectivity index (χ0) is 14.5. The van der Waals surface area contributed by atoms with Crippen molar-refractivity contribution in [3.63, 3.8) is 0 Å². The van der Waals surface area contributed by atoms with E-state index in [2.05, 4.69) is 11.9 Å². The molecule has 1 N–H and O–H groups in total. The highest BCUT2D eigenvalue weighted by molar-refractivity contribution is 5.60. The normalized spacial score (nSPS) is 17.8. The first-order valence-electron chi connectivity index (χ1n) is 7.27. The molecule has 0 aromatic heterocycles. The molecule has 0 aliphatic carbocycles. The molecular weight excluding hydrogens is 254 g/mol. The van der Waals surface area contributed by atoms with E-state index < -0.39 is 6.10 Å². The van der Waals surface area contributed by atoms with E-state index in [1.165, 1.54) is 0 Å². The van der Waals surface area contributed by atoms with Crippen LogP contribution in [0.2, 0.25) is 0 Å². The number of ether oxygens (including phenoxy) is 2. The van der Waals surface area contributed by atoms with E-state index in [9.17, 15) is 5.11 Å². The quantitative estimate of drug-likeness (QED) is 0.899. The van der Waals surface area contributed by atoms with Crippen LogP contribution in [0.4, 0.5) is 5.69 Å². The van der Waals surface area contributed by atoms with Crippen LogP contribution < -0.4 is 9.64 Å². The molecule has 0 radical (unpaired) electrons. The van der Waals surface area contributed by atoms with Gasteiger partial charge >= 0.3 is 0 Å². The van der Waals surface area contributed by atoms with Crippen molar-refractivity contribution in [1.29, 1.82) is 0 Å². The molecule has 1 saturated heterocycles. The minimum Gasteiger partial charge on any atom is -0.496 e. The molecule has 0 amide bonds. The van der Waals surface area contributed by atoms with Crippen molar-refractivity contribution in [3.8, 4) is 5.75 Å². The van der Waals surface area contributed by atoms with Gasteiger partial charge in [0, 0.05) is 38.1 Å². The van der Waals surface area contributed by atoms with Gasteiger partial charge in [-0.3, -0.25) is 0 Å². The van der Waals surface area contributed by atoms with Crippen molar-refractivity contribution in [2.45, 2.75) is 25.9 Å². The van der Waals surface area contributed by atoms with Crippen LogP contribution in [0, 0.1) is 5.92 Å². The van der Waals surface area contributed by atoms with Gasteiger partial charge in [0.15, 0.2) is 0 Å². The summed E-state index contributed by atoms with van der Waals surface area (Å²) in [6.07, 6.45) is 1.68. The third-order valence-electron chi connectivity index (χ3n) is 3.96. The zero-order valence-electron chi connectivity index (χ0n) is 12.6. The molecule has 1 atom stereocenters. The summed E-state index contributed by atoms with van der Waals surface area (Å²) in [6, 6.07) is 5.91. The van der Waals surface area contributed by atoms with Gasteiger partial charge in [-0.05, 0) is 37.8 Å². The number of hydrogen-bond donors (Lipinski definition) is 1. The predicted octanol–water partition coefficient (Wildman–Crippen LogP) is 2.61. The van der Waals surface area contributed by atoms with Crippen LogP contribution in [0.3, 0.4) is 0 Å². The second kappa shape index (κ2) is 6.95. The highest BCUT2D eigenvalue weighted by Gasteiger charge is 2.20. The molecule has 4 heteroatoms. The summed E-state index contributed by atoms with van der Waals surface area (Å²) in [5, 5.41) is 10.0. The van der Waals surface area contributed by atoms with Crippen molar-refractivity contribution < 1.29 is 14.6 Å². The van der Waals surface area contributed by atoms with Crippen LogP contribution in [0.5, 0.6) is 5.75 Å². The monoisotopic (exact) mass is 279 g/mol. The lowest BCUT2D eigenvalue weighted by Gasteiger charge is -2.30. The van der Waals surface area contributed by atoms with Gasteiger partial charge < -0.3 is 19.5 Å². The van der Waals surface area contributed by atoms with Crippen LogP contribution in [0.15, 0.2) is 18.2 Å². The Hall–Kier alpha value is -1.26. The van der Waals surface area contributed by atoms with Crippen molar-refractivity contribution in [2.75, 3.05) is 38.8 Å². The molecular formula is C16H25NO3. The van der Waals surface area contributed by atoms with Gasteiger partial charge in [-0.25, -0.2) is 0 Å². The largest absolute Gasteiger partial charge is 0.496 e. The van der Waals surface area contributed by atoms with Crippen LogP contribution in [0.1, 0.15) is 31.4 Å². The molecule has 1 heterocycles. The van der Waals surface area contributed by atoms with E-state index in [0.29, 0.717) is 5.92 Å². The van der Waals surface area contributed by atoms with E-state index in [0.717, 1.165) is 49.6 Å². The SMILES string of the molecule is COc1cccc(N(C)CC2CCOCC2)c1C(C)O. The highest BCUT2D eigenvalue weighted by atomic mass is 16.5. The lowest BCUT2D eigenvalue weighted by atomic mass is 9.98. The maximum absolute atomic E-state index is 10.0. The lowest BCUT2D eigenvalue weighted by Crippen LogP contribution is -2.30. The van der Waals surface area contributed by atoms with Crippen LogP contribution >= 0.6 is 0 Å². The molecule has 0 bridgehead atoms. The fourth-order valence-corrected chi connectivity index (χ4v) is 2.88. The number of benzene rings is 1. The van der Waals surface area contributed by atoms with E-state index >= 15 is 0 Å². The van der Waals surface area contributed by atoms with E-state index in [4.69, 9.17) is 9.47 Å². The average molecular weight is 279 g/mol.